The third kappa shape index (κ3) is 7.61. The maximum Gasteiger partial charge on any atom is 0.191 e. The molecule has 1 aromatic rings. The summed E-state index contributed by atoms with van der Waals surface area (Å²) in [5.74, 6) is 2.20. The summed E-state index contributed by atoms with van der Waals surface area (Å²) >= 11 is 2.07. The Morgan fingerprint density at radius 2 is 2.04 bits per heavy atom. The SMILES string of the molecule is CN=C(NCCN(C)Cc1ccccc1)NCC1(C)CCCS1.I. The van der Waals surface area contributed by atoms with Crippen LogP contribution in [-0.2, 0) is 6.54 Å². The minimum atomic E-state index is 0. The van der Waals surface area contributed by atoms with Gasteiger partial charge in [-0.3, -0.25) is 4.99 Å². The molecule has 2 rings (SSSR count). The Balaban J connectivity index is 0.00000288. The van der Waals surface area contributed by atoms with Gasteiger partial charge in [0.15, 0.2) is 5.96 Å². The molecule has 1 fully saturated rings. The van der Waals surface area contributed by atoms with Crippen molar-refractivity contribution in [2.45, 2.75) is 31.1 Å². The fourth-order valence-corrected chi connectivity index (χ4v) is 4.05. The molecule has 1 aliphatic rings. The molecule has 0 saturated carbocycles. The third-order valence-corrected chi connectivity index (χ3v) is 5.77. The molecule has 1 heterocycles. The van der Waals surface area contributed by atoms with E-state index < -0.39 is 0 Å². The van der Waals surface area contributed by atoms with E-state index in [1.165, 1.54) is 24.2 Å². The molecule has 0 aromatic heterocycles. The molecule has 0 amide bonds. The molecule has 1 saturated heterocycles. The normalized spacial score (nSPS) is 20.8. The lowest BCUT2D eigenvalue weighted by Crippen LogP contribution is -2.45. The fraction of sp³-hybridized carbons (Fsp3) is 0.611. The quantitative estimate of drug-likeness (QED) is 0.371. The van der Waals surface area contributed by atoms with E-state index in [9.17, 15) is 0 Å². The van der Waals surface area contributed by atoms with Gasteiger partial charge in [0, 0.05) is 38.0 Å². The first-order chi connectivity index (χ1) is 11.1. The number of nitrogens with one attached hydrogen (secondary N) is 2. The third-order valence-electron chi connectivity index (χ3n) is 4.24. The van der Waals surface area contributed by atoms with Gasteiger partial charge in [0.05, 0.1) is 0 Å². The molecule has 1 unspecified atom stereocenters. The first-order valence-electron chi connectivity index (χ1n) is 8.42. The van der Waals surface area contributed by atoms with Crippen LogP contribution in [-0.4, -0.2) is 55.1 Å². The van der Waals surface area contributed by atoms with Crippen LogP contribution in [0.3, 0.4) is 0 Å². The monoisotopic (exact) mass is 462 g/mol. The summed E-state index contributed by atoms with van der Waals surface area (Å²) in [5, 5.41) is 6.89. The summed E-state index contributed by atoms with van der Waals surface area (Å²) in [4.78, 5) is 6.65. The van der Waals surface area contributed by atoms with Gasteiger partial charge in [0.25, 0.3) is 0 Å². The highest BCUT2D eigenvalue weighted by molar-refractivity contribution is 14.0. The van der Waals surface area contributed by atoms with Crippen molar-refractivity contribution < 1.29 is 0 Å². The smallest absolute Gasteiger partial charge is 0.191 e. The average molecular weight is 462 g/mol. The number of halogens is 1. The van der Waals surface area contributed by atoms with Gasteiger partial charge < -0.3 is 15.5 Å². The molecule has 0 radical (unpaired) electrons. The fourth-order valence-electron chi connectivity index (χ4n) is 2.81. The van der Waals surface area contributed by atoms with Gasteiger partial charge in [-0.1, -0.05) is 30.3 Å². The standard InChI is InChI=1S/C18H30N4S.HI/c1-18(10-7-13-23-18)15-21-17(19-2)20-11-12-22(3)14-16-8-5-4-6-9-16;/h4-6,8-9H,7,10-15H2,1-3H3,(H2,19,20,21);1H. The molecule has 0 bridgehead atoms. The zero-order chi connectivity index (χ0) is 16.5. The second-order valence-corrected chi connectivity index (χ2v) is 8.16. The van der Waals surface area contributed by atoms with Crippen molar-refractivity contribution in [2.24, 2.45) is 4.99 Å². The van der Waals surface area contributed by atoms with Crippen molar-refractivity contribution in [3.8, 4) is 0 Å². The average Bonchev–Trinajstić information content (AvgIpc) is 2.98. The zero-order valence-electron chi connectivity index (χ0n) is 15.0. The molecule has 4 nitrogen and oxygen atoms in total. The largest absolute Gasteiger partial charge is 0.355 e. The minimum absolute atomic E-state index is 0. The summed E-state index contributed by atoms with van der Waals surface area (Å²) in [5.41, 5.74) is 1.35. The summed E-state index contributed by atoms with van der Waals surface area (Å²) in [6.07, 6.45) is 2.63. The van der Waals surface area contributed by atoms with Crippen molar-refractivity contribution in [1.29, 1.82) is 0 Å². The van der Waals surface area contributed by atoms with Crippen molar-refractivity contribution in [3.63, 3.8) is 0 Å². The molecule has 0 spiro atoms. The van der Waals surface area contributed by atoms with Gasteiger partial charge in [-0.15, -0.1) is 24.0 Å². The van der Waals surface area contributed by atoms with Crippen molar-refractivity contribution in [3.05, 3.63) is 35.9 Å². The van der Waals surface area contributed by atoms with Crippen LogP contribution in [0.4, 0.5) is 0 Å². The molecular weight excluding hydrogens is 431 g/mol. The molecule has 0 aliphatic carbocycles. The highest BCUT2D eigenvalue weighted by Gasteiger charge is 2.29. The van der Waals surface area contributed by atoms with Gasteiger partial charge in [0.1, 0.15) is 0 Å². The number of rotatable bonds is 7. The Kier molecular flexibility index (Phi) is 10.1. The number of thioether (sulfide) groups is 1. The predicted molar refractivity (Wildman–Crippen MR) is 118 cm³/mol. The molecular formula is C18H31IN4S. The summed E-state index contributed by atoms with van der Waals surface area (Å²) in [6.45, 7) is 6.19. The van der Waals surface area contributed by atoms with E-state index in [-0.39, 0.29) is 24.0 Å². The summed E-state index contributed by atoms with van der Waals surface area (Å²) in [6, 6.07) is 10.6. The van der Waals surface area contributed by atoms with E-state index in [4.69, 9.17) is 0 Å². The predicted octanol–water partition coefficient (Wildman–Crippen LogP) is 3.19. The number of benzene rings is 1. The number of nitrogens with zero attached hydrogens (tertiary/aromatic N) is 2. The highest BCUT2D eigenvalue weighted by Crippen LogP contribution is 2.36. The topological polar surface area (TPSA) is 39.7 Å². The van der Waals surface area contributed by atoms with E-state index in [2.05, 4.69) is 76.6 Å². The Labute approximate surface area is 168 Å². The molecule has 6 heteroatoms. The first kappa shape index (κ1) is 21.6. The van der Waals surface area contributed by atoms with Crippen LogP contribution in [0.1, 0.15) is 25.3 Å². The second-order valence-electron chi connectivity index (χ2n) is 6.48. The second kappa shape index (κ2) is 11.2. The molecule has 1 aliphatic heterocycles. The summed E-state index contributed by atoms with van der Waals surface area (Å²) in [7, 11) is 3.99. The van der Waals surface area contributed by atoms with Crippen LogP contribution in [0.2, 0.25) is 0 Å². The van der Waals surface area contributed by atoms with Crippen molar-refractivity contribution >= 4 is 41.7 Å². The molecule has 1 aromatic carbocycles. The van der Waals surface area contributed by atoms with Crippen molar-refractivity contribution in [2.75, 3.05) is 39.5 Å². The van der Waals surface area contributed by atoms with E-state index in [0.717, 1.165) is 32.1 Å². The number of guanidine groups is 1. The highest BCUT2D eigenvalue weighted by atomic mass is 127. The number of hydrogen-bond donors (Lipinski definition) is 2. The number of hydrogen-bond acceptors (Lipinski definition) is 3. The van der Waals surface area contributed by atoms with Gasteiger partial charge in [-0.05, 0) is 38.1 Å². The Morgan fingerprint density at radius 1 is 1.29 bits per heavy atom. The van der Waals surface area contributed by atoms with Crippen LogP contribution >= 0.6 is 35.7 Å². The Bertz CT molecular complexity index is 489. The molecule has 24 heavy (non-hydrogen) atoms. The van der Waals surface area contributed by atoms with E-state index in [1.807, 2.05) is 7.05 Å². The molecule has 2 N–H and O–H groups in total. The van der Waals surface area contributed by atoms with Gasteiger partial charge >= 0.3 is 0 Å². The van der Waals surface area contributed by atoms with Gasteiger partial charge in [-0.2, -0.15) is 11.8 Å². The van der Waals surface area contributed by atoms with E-state index in [0.29, 0.717) is 4.75 Å². The van der Waals surface area contributed by atoms with Crippen LogP contribution in [0.5, 0.6) is 0 Å². The number of likely N-dealkylation sites (N-methyl/N-ethyl adjacent to an activating group) is 1. The Morgan fingerprint density at radius 3 is 2.67 bits per heavy atom. The lowest BCUT2D eigenvalue weighted by Gasteiger charge is -2.24. The van der Waals surface area contributed by atoms with E-state index in [1.54, 1.807) is 0 Å². The van der Waals surface area contributed by atoms with Crippen LogP contribution < -0.4 is 10.6 Å². The maximum atomic E-state index is 4.33. The first-order valence-corrected chi connectivity index (χ1v) is 9.41. The number of aliphatic imine (C=N–C) groups is 1. The van der Waals surface area contributed by atoms with Crippen LogP contribution in [0, 0.1) is 0 Å². The minimum Gasteiger partial charge on any atom is -0.355 e. The molecule has 136 valence electrons. The van der Waals surface area contributed by atoms with Crippen LogP contribution in [0.15, 0.2) is 35.3 Å². The lowest BCUT2D eigenvalue weighted by atomic mass is 10.1. The van der Waals surface area contributed by atoms with Crippen molar-refractivity contribution in [1.82, 2.24) is 15.5 Å². The Hall–Kier alpha value is -0.470. The maximum absolute atomic E-state index is 4.33. The lowest BCUT2D eigenvalue weighted by molar-refractivity contribution is 0.331. The molecule has 1 atom stereocenters. The van der Waals surface area contributed by atoms with Gasteiger partial charge in [-0.25, -0.2) is 0 Å². The van der Waals surface area contributed by atoms with Crippen LogP contribution in [0.25, 0.3) is 0 Å². The zero-order valence-corrected chi connectivity index (χ0v) is 18.2. The van der Waals surface area contributed by atoms with Gasteiger partial charge in [0.2, 0.25) is 0 Å². The van der Waals surface area contributed by atoms with E-state index >= 15 is 0 Å². The summed E-state index contributed by atoms with van der Waals surface area (Å²) < 4.78 is 0.363.